The number of thiol groups is 1. The van der Waals surface area contributed by atoms with Crippen molar-refractivity contribution in [2.75, 3.05) is 33.2 Å². The number of amides is 3. The lowest BCUT2D eigenvalue weighted by molar-refractivity contribution is -0.162. The third kappa shape index (κ3) is 9.25. The number of allylic oxidation sites excluding steroid dienone is 3. The maximum absolute atomic E-state index is 14.1. The van der Waals surface area contributed by atoms with Crippen LogP contribution in [-0.4, -0.2) is 109 Å². The van der Waals surface area contributed by atoms with E-state index in [2.05, 4.69) is 17.9 Å². The van der Waals surface area contributed by atoms with E-state index >= 15 is 0 Å². The van der Waals surface area contributed by atoms with Crippen LogP contribution in [0.5, 0.6) is 5.75 Å². The second-order valence-electron chi connectivity index (χ2n) is 14.3. The number of hydrogen-bond donors (Lipinski definition) is 3. The average molecular weight is 766 g/mol. The zero-order chi connectivity index (χ0) is 38.7. The van der Waals surface area contributed by atoms with Crippen LogP contribution < -0.4 is 15.0 Å². The van der Waals surface area contributed by atoms with Gasteiger partial charge in [0, 0.05) is 40.0 Å². The van der Waals surface area contributed by atoms with Crippen molar-refractivity contribution in [1.82, 2.24) is 10.2 Å². The number of rotatable bonds is 8. The highest BCUT2D eigenvalue weighted by atomic mass is 35.5. The number of nitrogens with zero attached hydrogens (tertiary/aromatic N) is 2. The van der Waals surface area contributed by atoms with Crippen LogP contribution in [0.25, 0.3) is 0 Å². The molecule has 0 radical (unpaired) electrons. The first-order valence-electron chi connectivity index (χ1n) is 17.4. The third-order valence-electron chi connectivity index (χ3n) is 10.3. The molecule has 9 atom stereocenters. The number of ether oxygens (including phenoxy) is 5. The topological polar surface area (TPSA) is 156 Å². The largest absolute Gasteiger partial charge is 0.495 e. The normalized spacial score (nSPS) is 30.6. The van der Waals surface area contributed by atoms with Crippen LogP contribution in [0.4, 0.5) is 10.5 Å². The number of benzene rings is 1. The standard InChI is InChI=1S/C37H52ClN3O10S/c1-20-11-10-12-28(48-9)37(46)19-27(49-35(45)39-37)22(3)33-36(5,51-33)29(50-34(44)23(4)40(6)30(42)14-13-21(2)52)18-31(43)41(7)25-16-24(15-20)17-26(47-8)32(25)38/h10-12,16-17,21-23,27-29,33,46,52H,13-15,18-19H2,1-9H3,(H,39,45)/t21?,22-,23+,27+,28-,29+,33+,36+,37+/m1/s1. The Morgan fingerprint density at radius 3 is 2.58 bits per heavy atom. The first kappa shape index (κ1) is 41.5. The fraction of sp³-hybridized carbons (Fsp3) is 0.622. The summed E-state index contributed by atoms with van der Waals surface area (Å²) >= 11 is 11.1. The van der Waals surface area contributed by atoms with Crippen molar-refractivity contribution in [3.63, 3.8) is 0 Å². The van der Waals surface area contributed by atoms with Crippen molar-refractivity contribution in [2.45, 2.75) is 114 Å². The fourth-order valence-corrected chi connectivity index (χ4v) is 7.17. The summed E-state index contributed by atoms with van der Waals surface area (Å²) in [6.07, 6.45) is 1.69. The minimum atomic E-state index is -1.82. The molecule has 1 aromatic rings. The second kappa shape index (κ2) is 16.8. The molecule has 0 spiro atoms. The number of halogens is 1. The molecule has 2 saturated heterocycles. The van der Waals surface area contributed by atoms with Gasteiger partial charge in [-0.15, -0.1) is 0 Å². The Labute approximate surface area is 316 Å². The van der Waals surface area contributed by atoms with E-state index in [0.29, 0.717) is 24.3 Å². The number of carbonyl (C=O) groups excluding carboxylic acids is 4. The number of epoxide rings is 1. The first-order valence-corrected chi connectivity index (χ1v) is 18.3. The highest BCUT2D eigenvalue weighted by molar-refractivity contribution is 7.80. The molecule has 3 aliphatic heterocycles. The molecule has 288 valence electrons. The van der Waals surface area contributed by atoms with Gasteiger partial charge in [-0.1, -0.05) is 49.2 Å². The molecule has 4 rings (SSSR count). The van der Waals surface area contributed by atoms with E-state index in [-0.39, 0.29) is 35.4 Å². The number of fused-ring (bicyclic) bond motifs is 5. The molecule has 3 aliphatic rings. The molecule has 13 nitrogen and oxygen atoms in total. The van der Waals surface area contributed by atoms with Crippen LogP contribution >= 0.6 is 24.2 Å². The van der Waals surface area contributed by atoms with Gasteiger partial charge >= 0.3 is 12.1 Å². The second-order valence-corrected chi connectivity index (χ2v) is 15.6. The van der Waals surface area contributed by atoms with E-state index in [9.17, 15) is 24.3 Å². The van der Waals surface area contributed by atoms with Crippen LogP contribution in [0.15, 0.2) is 35.9 Å². The van der Waals surface area contributed by atoms with Gasteiger partial charge in [0.05, 0.1) is 25.3 Å². The van der Waals surface area contributed by atoms with Gasteiger partial charge in [0.25, 0.3) is 0 Å². The van der Waals surface area contributed by atoms with Crippen molar-refractivity contribution in [2.24, 2.45) is 5.92 Å². The van der Waals surface area contributed by atoms with Crippen molar-refractivity contribution >= 4 is 53.8 Å². The van der Waals surface area contributed by atoms with E-state index < -0.39 is 65.7 Å². The lowest BCUT2D eigenvalue weighted by Gasteiger charge is -2.42. The summed E-state index contributed by atoms with van der Waals surface area (Å²) in [5.74, 6) is -1.56. The molecule has 15 heteroatoms. The Kier molecular flexibility index (Phi) is 13.4. The van der Waals surface area contributed by atoms with Crippen molar-refractivity contribution in [1.29, 1.82) is 0 Å². The quantitative estimate of drug-likeness (QED) is 0.194. The van der Waals surface area contributed by atoms with E-state index in [1.807, 2.05) is 19.9 Å². The molecular weight excluding hydrogens is 714 g/mol. The predicted molar refractivity (Wildman–Crippen MR) is 199 cm³/mol. The van der Waals surface area contributed by atoms with Gasteiger partial charge in [-0.05, 0) is 56.6 Å². The van der Waals surface area contributed by atoms with Crippen molar-refractivity contribution < 1.29 is 48.0 Å². The number of aliphatic hydroxyl groups is 1. The predicted octanol–water partition coefficient (Wildman–Crippen LogP) is 4.61. The summed E-state index contributed by atoms with van der Waals surface area (Å²) in [5, 5.41) is 14.5. The zero-order valence-electron chi connectivity index (χ0n) is 31.3. The Hall–Kier alpha value is -3.30. The molecule has 0 saturated carbocycles. The summed E-state index contributed by atoms with van der Waals surface area (Å²) in [6.45, 7) is 8.88. The molecule has 1 unspecified atom stereocenters. The molecule has 2 N–H and O–H groups in total. The lowest BCUT2D eigenvalue weighted by atomic mass is 9.83. The van der Waals surface area contributed by atoms with Crippen LogP contribution in [-0.2, 0) is 39.8 Å². The molecule has 1 aromatic carbocycles. The third-order valence-corrected chi connectivity index (χ3v) is 10.9. The summed E-state index contributed by atoms with van der Waals surface area (Å²) < 4.78 is 29.2. The number of alkyl carbamates (subject to hydrolysis) is 1. The van der Waals surface area contributed by atoms with Gasteiger partial charge in [0.15, 0.2) is 5.72 Å². The van der Waals surface area contributed by atoms with Gasteiger partial charge in [-0.2, -0.15) is 12.6 Å². The Morgan fingerprint density at radius 1 is 1.25 bits per heavy atom. The highest BCUT2D eigenvalue weighted by Gasteiger charge is 2.64. The summed E-state index contributed by atoms with van der Waals surface area (Å²) in [5.41, 5.74) is -0.906. The molecule has 52 heavy (non-hydrogen) atoms. The first-order chi connectivity index (χ1) is 24.3. The monoisotopic (exact) mass is 765 g/mol. The molecule has 4 bridgehead atoms. The summed E-state index contributed by atoms with van der Waals surface area (Å²) in [6, 6.07) is 2.61. The summed E-state index contributed by atoms with van der Waals surface area (Å²) in [7, 11) is 6.02. The fourth-order valence-electron chi connectivity index (χ4n) is 6.73. The SMILES string of the molecule is COc1cc2cc(c1Cl)N(C)C(=O)C[C@H](OC(=O)[C@H](C)N(C)C(=O)CCC(C)S)[C@]1(C)O[C@H]1[C@H](C)[C@@H]1C[C@@](O)(NC(=O)O1)[C@H](OC)C=CC=C(C)C2. The number of nitrogens with one attached hydrogen (secondary N) is 1. The molecular formula is C37H52ClN3O10S. The van der Waals surface area contributed by atoms with Gasteiger partial charge in [0.2, 0.25) is 11.8 Å². The van der Waals surface area contributed by atoms with Crippen LogP contribution in [0, 0.1) is 5.92 Å². The van der Waals surface area contributed by atoms with Gasteiger partial charge in [-0.3, -0.25) is 14.9 Å². The van der Waals surface area contributed by atoms with Crippen LogP contribution in [0.1, 0.15) is 65.9 Å². The maximum Gasteiger partial charge on any atom is 0.409 e. The van der Waals surface area contributed by atoms with E-state index in [4.69, 9.17) is 35.3 Å². The molecule has 3 amide bonds. The molecule has 0 aliphatic carbocycles. The Bertz CT molecular complexity index is 1590. The maximum atomic E-state index is 14.1. The number of carbonyl (C=O) groups is 4. The number of methoxy groups -OCH3 is 2. The number of esters is 1. The number of anilines is 1. The highest BCUT2D eigenvalue weighted by Crippen LogP contribution is 2.49. The number of hydrogen-bond acceptors (Lipinski definition) is 11. The Balaban J connectivity index is 1.75. The minimum absolute atomic E-state index is 0.00636. The van der Waals surface area contributed by atoms with E-state index in [1.54, 1.807) is 52.1 Å². The number of likely N-dealkylation sites (N-methyl/N-ethyl adjacent to an activating group) is 1. The summed E-state index contributed by atoms with van der Waals surface area (Å²) in [4.78, 5) is 56.2. The van der Waals surface area contributed by atoms with Gasteiger partial charge < -0.3 is 38.6 Å². The van der Waals surface area contributed by atoms with E-state index in [1.165, 1.54) is 31.1 Å². The van der Waals surface area contributed by atoms with E-state index in [0.717, 1.165) is 11.1 Å². The smallest absolute Gasteiger partial charge is 0.409 e. The Morgan fingerprint density at radius 2 is 1.94 bits per heavy atom. The van der Waals surface area contributed by atoms with Gasteiger partial charge in [-0.25, -0.2) is 9.59 Å². The van der Waals surface area contributed by atoms with Crippen LogP contribution in [0.3, 0.4) is 0 Å². The average Bonchev–Trinajstić information content (AvgIpc) is 3.79. The molecule has 0 aromatic heterocycles. The lowest BCUT2D eigenvalue weighted by Crippen LogP contribution is -2.63. The van der Waals surface area contributed by atoms with Crippen molar-refractivity contribution in [3.8, 4) is 5.75 Å². The molecule has 2 fully saturated rings. The molecule has 3 heterocycles. The minimum Gasteiger partial charge on any atom is -0.495 e. The van der Waals surface area contributed by atoms with Crippen LogP contribution in [0.2, 0.25) is 5.02 Å². The zero-order valence-corrected chi connectivity index (χ0v) is 33.0. The van der Waals surface area contributed by atoms with Crippen molar-refractivity contribution in [3.05, 3.63) is 46.5 Å². The van der Waals surface area contributed by atoms with Gasteiger partial charge in [0.1, 0.15) is 40.7 Å².